The molecule has 0 spiro atoms. The van der Waals surface area contributed by atoms with E-state index >= 15 is 0 Å². The van der Waals surface area contributed by atoms with Gasteiger partial charge in [-0.1, -0.05) is 0 Å². The van der Waals surface area contributed by atoms with E-state index in [2.05, 4.69) is 0 Å². The van der Waals surface area contributed by atoms with Gasteiger partial charge in [-0.25, -0.2) is 9.18 Å². The highest BCUT2D eigenvalue weighted by Crippen LogP contribution is 2.30. The highest BCUT2D eigenvalue weighted by molar-refractivity contribution is 5.91. The number of nitro groups is 1. The molecule has 1 N–H and O–H groups in total. The van der Waals surface area contributed by atoms with Crippen LogP contribution in [0.2, 0.25) is 0 Å². The summed E-state index contributed by atoms with van der Waals surface area (Å²) >= 11 is 0. The SMILES string of the molecule is CN(C)C(=O)CN(C)c1cc(C(=O)O)c(F)cc1[N+](=O)[O-]. The molecule has 0 aromatic heterocycles. The number of rotatable bonds is 5. The molecular formula is C12H14FN3O5. The molecule has 114 valence electrons. The number of carboxylic acid groups (broad SMARTS) is 1. The van der Waals surface area contributed by atoms with Gasteiger partial charge in [-0.3, -0.25) is 14.9 Å². The Kier molecular flexibility index (Phi) is 4.79. The van der Waals surface area contributed by atoms with Crippen molar-refractivity contribution in [2.75, 3.05) is 32.6 Å². The Morgan fingerprint density at radius 1 is 1.33 bits per heavy atom. The van der Waals surface area contributed by atoms with Crippen LogP contribution in [0.25, 0.3) is 0 Å². The first kappa shape index (κ1) is 16.3. The molecule has 0 fully saturated rings. The van der Waals surface area contributed by atoms with Gasteiger partial charge >= 0.3 is 5.97 Å². The predicted octanol–water partition coefficient (Wildman–Crippen LogP) is 0.956. The first-order valence-electron chi connectivity index (χ1n) is 5.77. The summed E-state index contributed by atoms with van der Waals surface area (Å²) in [4.78, 5) is 35.1. The fourth-order valence-electron chi connectivity index (χ4n) is 1.60. The van der Waals surface area contributed by atoms with E-state index in [-0.39, 0.29) is 18.1 Å². The molecule has 9 heteroatoms. The van der Waals surface area contributed by atoms with Crippen LogP contribution in [0, 0.1) is 15.9 Å². The number of amides is 1. The minimum atomic E-state index is -1.55. The smallest absolute Gasteiger partial charge is 0.338 e. The van der Waals surface area contributed by atoms with Gasteiger partial charge in [-0.05, 0) is 6.07 Å². The summed E-state index contributed by atoms with van der Waals surface area (Å²) in [6.45, 7) is -0.210. The van der Waals surface area contributed by atoms with Crippen LogP contribution in [0.5, 0.6) is 0 Å². The maximum absolute atomic E-state index is 13.5. The Morgan fingerprint density at radius 3 is 2.33 bits per heavy atom. The van der Waals surface area contributed by atoms with Gasteiger partial charge in [0.1, 0.15) is 11.5 Å². The summed E-state index contributed by atoms with van der Waals surface area (Å²) in [6.07, 6.45) is 0. The number of anilines is 1. The van der Waals surface area contributed by atoms with Crippen molar-refractivity contribution in [1.29, 1.82) is 0 Å². The van der Waals surface area contributed by atoms with E-state index in [1.165, 1.54) is 30.9 Å². The minimum Gasteiger partial charge on any atom is -0.478 e. The molecule has 0 heterocycles. The average molecular weight is 299 g/mol. The highest BCUT2D eigenvalue weighted by atomic mass is 19.1. The lowest BCUT2D eigenvalue weighted by atomic mass is 10.1. The third kappa shape index (κ3) is 3.65. The number of carboxylic acids is 1. The molecule has 1 rings (SSSR count). The summed E-state index contributed by atoms with van der Waals surface area (Å²) < 4.78 is 13.5. The van der Waals surface area contributed by atoms with Gasteiger partial charge in [-0.2, -0.15) is 0 Å². The lowest BCUT2D eigenvalue weighted by molar-refractivity contribution is -0.384. The average Bonchev–Trinajstić information content (AvgIpc) is 2.37. The van der Waals surface area contributed by atoms with Crippen LogP contribution < -0.4 is 4.90 Å². The summed E-state index contributed by atoms with van der Waals surface area (Å²) in [7, 11) is 4.41. The van der Waals surface area contributed by atoms with E-state index in [4.69, 9.17) is 5.11 Å². The van der Waals surface area contributed by atoms with Crippen LogP contribution in [0.1, 0.15) is 10.4 Å². The van der Waals surface area contributed by atoms with Crippen molar-refractivity contribution in [3.63, 3.8) is 0 Å². The normalized spacial score (nSPS) is 10.1. The third-order valence-corrected chi connectivity index (χ3v) is 2.77. The molecular weight excluding hydrogens is 285 g/mol. The quantitative estimate of drug-likeness (QED) is 0.641. The Labute approximate surface area is 119 Å². The molecule has 0 radical (unpaired) electrons. The molecule has 21 heavy (non-hydrogen) atoms. The highest BCUT2D eigenvalue weighted by Gasteiger charge is 2.25. The van der Waals surface area contributed by atoms with Crippen LogP contribution in [0.4, 0.5) is 15.8 Å². The number of hydrogen-bond acceptors (Lipinski definition) is 5. The molecule has 1 aromatic carbocycles. The van der Waals surface area contributed by atoms with Crippen LogP contribution >= 0.6 is 0 Å². The summed E-state index contributed by atoms with van der Waals surface area (Å²) in [6, 6.07) is 1.38. The second-order valence-corrected chi connectivity index (χ2v) is 4.53. The Morgan fingerprint density at radius 2 is 1.90 bits per heavy atom. The number of carbonyl (C=O) groups is 2. The van der Waals surface area contributed by atoms with E-state index in [0.29, 0.717) is 6.07 Å². The monoisotopic (exact) mass is 299 g/mol. The van der Waals surface area contributed by atoms with Crippen molar-refractivity contribution in [2.45, 2.75) is 0 Å². The third-order valence-electron chi connectivity index (χ3n) is 2.77. The minimum absolute atomic E-state index is 0.144. The molecule has 0 atom stereocenters. The van der Waals surface area contributed by atoms with Gasteiger partial charge in [-0.15, -0.1) is 0 Å². The van der Waals surface area contributed by atoms with E-state index in [9.17, 15) is 24.1 Å². The molecule has 8 nitrogen and oxygen atoms in total. The van der Waals surface area contributed by atoms with Gasteiger partial charge in [0, 0.05) is 21.1 Å². The zero-order chi connectivity index (χ0) is 16.3. The number of nitro benzene ring substituents is 1. The lowest BCUT2D eigenvalue weighted by Gasteiger charge is -2.21. The first-order valence-corrected chi connectivity index (χ1v) is 5.77. The van der Waals surface area contributed by atoms with Crippen LogP contribution in [0.3, 0.4) is 0 Å². The Bertz CT molecular complexity index is 603. The molecule has 0 unspecified atom stereocenters. The molecule has 0 aliphatic rings. The second kappa shape index (κ2) is 6.16. The Balaban J connectivity index is 3.31. The van der Waals surface area contributed by atoms with E-state index in [1.807, 2.05) is 0 Å². The van der Waals surface area contributed by atoms with Crippen LogP contribution in [-0.2, 0) is 4.79 Å². The molecule has 0 saturated heterocycles. The van der Waals surface area contributed by atoms with Crippen molar-refractivity contribution in [2.24, 2.45) is 0 Å². The topological polar surface area (TPSA) is 104 Å². The van der Waals surface area contributed by atoms with Crippen molar-refractivity contribution in [3.05, 3.63) is 33.6 Å². The number of aromatic carboxylic acids is 1. The number of halogens is 1. The van der Waals surface area contributed by atoms with Crippen molar-refractivity contribution >= 4 is 23.3 Å². The summed E-state index contributed by atoms with van der Waals surface area (Å²) in [5, 5.41) is 19.8. The number of nitrogens with zero attached hydrogens (tertiary/aromatic N) is 3. The zero-order valence-electron chi connectivity index (χ0n) is 11.7. The molecule has 0 bridgehead atoms. The Hall–Kier alpha value is -2.71. The maximum atomic E-state index is 13.5. The summed E-state index contributed by atoms with van der Waals surface area (Å²) in [5.74, 6) is -3.09. The summed E-state index contributed by atoms with van der Waals surface area (Å²) in [5.41, 5.74) is -1.44. The maximum Gasteiger partial charge on any atom is 0.338 e. The van der Waals surface area contributed by atoms with E-state index < -0.39 is 28.0 Å². The van der Waals surface area contributed by atoms with Crippen LogP contribution in [0.15, 0.2) is 12.1 Å². The van der Waals surface area contributed by atoms with E-state index in [0.717, 1.165) is 6.07 Å². The first-order chi connectivity index (χ1) is 9.65. The number of benzene rings is 1. The fourth-order valence-corrected chi connectivity index (χ4v) is 1.60. The molecule has 0 aliphatic heterocycles. The van der Waals surface area contributed by atoms with Gasteiger partial charge in [0.05, 0.1) is 23.1 Å². The molecule has 0 saturated carbocycles. The van der Waals surface area contributed by atoms with Crippen molar-refractivity contribution in [1.82, 2.24) is 4.90 Å². The largest absolute Gasteiger partial charge is 0.478 e. The second-order valence-electron chi connectivity index (χ2n) is 4.53. The molecule has 1 amide bonds. The van der Waals surface area contributed by atoms with Gasteiger partial charge in [0.25, 0.3) is 5.69 Å². The predicted molar refractivity (Wildman–Crippen MR) is 72.0 cm³/mol. The van der Waals surface area contributed by atoms with Gasteiger partial charge in [0.15, 0.2) is 0 Å². The fraction of sp³-hybridized carbons (Fsp3) is 0.333. The van der Waals surface area contributed by atoms with Crippen molar-refractivity contribution in [3.8, 4) is 0 Å². The standard InChI is InChI=1S/C12H14FN3O5/c1-14(2)11(17)6-15(3)9-4-7(12(18)19)8(13)5-10(9)16(20)21/h4-5H,6H2,1-3H3,(H,18,19). The zero-order valence-corrected chi connectivity index (χ0v) is 11.7. The van der Waals surface area contributed by atoms with E-state index in [1.54, 1.807) is 0 Å². The lowest BCUT2D eigenvalue weighted by Crippen LogP contribution is -2.34. The van der Waals surface area contributed by atoms with Gasteiger partial charge in [0.2, 0.25) is 5.91 Å². The van der Waals surface area contributed by atoms with Gasteiger partial charge < -0.3 is 14.9 Å². The number of carbonyl (C=O) groups excluding carboxylic acids is 1. The van der Waals surface area contributed by atoms with Crippen molar-refractivity contribution < 1.29 is 24.0 Å². The number of hydrogen-bond donors (Lipinski definition) is 1. The molecule has 1 aromatic rings. The number of likely N-dealkylation sites (N-methyl/N-ethyl adjacent to an activating group) is 2. The van der Waals surface area contributed by atoms with Crippen LogP contribution in [-0.4, -0.2) is 54.5 Å². The molecule has 0 aliphatic carbocycles.